The van der Waals surface area contributed by atoms with Crippen LogP contribution in [-0.2, 0) is 10.8 Å². The van der Waals surface area contributed by atoms with Gasteiger partial charge in [0.25, 0.3) is 5.91 Å². The second-order valence-electron chi connectivity index (χ2n) is 3.37. The molecule has 0 aromatic carbocycles. The van der Waals surface area contributed by atoms with Gasteiger partial charge in [-0.2, -0.15) is 0 Å². The first-order valence-electron chi connectivity index (χ1n) is 5.44. The van der Waals surface area contributed by atoms with E-state index in [-0.39, 0.29) is 5.91 Å². The summed E-state index contributed by atoms with van der Waals surface area (Å²) in [5.74, 6) is 1.64. The highest BCUT2D eigenvalue weighted by molar-refractivity contribution is 7.84. The number of hydrogen-bond acceptors (Lipinski definition) is 4. The van der Waals surface area contributed by atoms with E-state index < -0.39 is 10.8 Å². The van der Waals surface area contributed by atoms with Gasteiger partial charge in [0.15, 0.2) is 0 Å². The van der Waals surface area contributed by atoms with Crippen LogP contribution in [0.4, 0.5) is 5.82 Å². The maximum absolute atomic E-state index is 11.6. The molecule has 6 heteroatoms. The summed E-state index contributed by atoms with van der Waals surface area (Å²) in [5.41, 5.74) is 0.506. The standard InChI is InChI=1S/C11H17N3O2S/c1-3-17(16)7-6-13-11(15)9-4-5-10(12-2)14-8-9/h4-5,8H,3,6-7H2,1-2H3,(H,12,14)(H,13,15). The molecule has 17 heavy (non-hydrogen) atoms. The van der Waals surface area contributed by atoms with Gasteiger partial charge in [-0.3, -0.25) is 9.00 Å². The molecule has 94 valence electrons. The van der Waals surface area contributed by atoms with E-state index in [1.54, 1.807) is 19.2 Å². The number of pyridine rings is 1. The Labute approximate surface area is 103 Å². The molecule has 1 aromatic heterocycles. The lowest BCUT2D eigenvalue weighted by Gasteiger charge is -2.05. The maximum Gasteiger partial charge on any atom is 0.252 e. The second-order valence-corrected chi connectivity index (χ2v) is 5.24. The second kappa shape index (κ2) is 7.01. The molecule has 0 saturated heterocycles. The summed E-state index contributed by atoms with van der Waals surface area (Å²) in [4.78, 5) is 15.7. The number of carbonyl (C=O) groups is 1. The summed E-state index contributed by atoms with van der Waals surface area (Å²) in [5, 5.41) is 5.59. The molecular weight excluding hydrogens is 238 g/mol. The van der Waals surface area contributed by atoms with E-state index in [0.29, 0.717) is 29.4 Å². The fourth-order valence-corrected chi connectivity index (χ4v) is 1.82. The lowest BCUT2D eigenvalue weighted by atomic mass is 10.2. The van der Waals surface area contributed by atoms with Crippen LogP contribution in [0.5, 0.6) is 0 Å². The van der Waals surface area contributed by atoms with Crippen LogP contribution in [0.3, 0.4) is 0 Å². The highest BCUT2D eigenvalue weighted by Gasteiger charge is 2.05. The van der Waals surface area contributed by atoms with Crippen molar-refractivity contribution in [1.29, 1.82) is 0 Å². The Balaban J connectivity index is 2.44. The average molecular weight is 255 g/mol. The summed E-state index contributed by atoms with van der Waals surface area (Å²) in [6.07, 6.45) is 1.51. The van der Waals surface area contributed by atoms with Gasteiger partial charge in [0, 0.05) is 42.1 Å². The first kappa shape index (κ1) is 13.6. The van der Waals surface area contributed by atoms with Gasteiger partial charge in [-0.15, -0.1) is 0 Å². The highest BCUT2D eigenvalue weighted by Crippen LogP contribution is 2.03. The third kappa shape index (κ3) is 4.52. The van der Waals surface area contributed by atoms with E-state index in [2.05, 4.69) is 15.6 Å². The van der Waals surface area contributed by atoms with E-state index in [4.69, 9.17) is 0 Å². The minimum Gasteiger partial charge on any atom is -0.373 e. The molecule has 5 nitrogen and oxygen atoms in total. The van der Waals surface area contributed by atoms with Crippen molar-refractivity contribution in [2.45, 2.75) is 6.92 Å². The molecule has 1 unspecified atom stereocenters. The molecule has 2 N–H and O–H groups in total. The number of anilines is 1. The predicted molar refractivity (Wildman–Crippen MR) is 69.7 cm³/mol. The van der Waals surface area contributed by atoms with Crippen LogP contribution < -0.4 is 10.6 Å². The van der Waals surface area contributed by atoms with Gasteiger partial charge in [0.2, 0.25) is 0 Å². The number of nitrogens with one attached hydrogen (secondary N) is 2. The smallest absolute Gasteiger partial charge is 0.252 e. The van der Waals surface area contributed by atoms with Crippen LogP contribution >= 0.6 is 0 Å². The van der Waals surface area contributed by atoms with Gasteiger partial charge in [-0.05, 0) is 12.1 Å². The third-order valence-corrected chi connectivity index (χ3v) is 3.52. The van der Waals surface area contributed by atoms with Crippen molar-refractivity contribution in [3.05, 3.63) is 23.9 Å². The molecule has 0 spiro atoms. The molecule has 0 aliphatic carbocycles. The Kier molecular flexibility index (Phi) is 5.62. The summed E-state index contributed by atoms with van der Waals surface area (Å²) in [6, 6.07) is 3.43. The molecule has 0 aliphatic heterocycles. The first-order valence-corrected chi connectivity index (χ1v) is 6.93. The molecule has 0 aliphatic rings. The number of amides is 1. The number of carbonyl (C=O) groups excluding carboxylic acids is 1. The van der Waals surface area contributed by atoms with Gasteiger partial charge in [0.1, 0.15) is 5.82 Å². The van der Waals surface area contributed by atoms with E-state index >= 15 is 0 Å². The van der Waals surface area contributed by atoms with Crippen LogP contribution in [-0.4, -0.2) is 40.2 Å². The molecule has 0 fully saturated rings. The Morgan fingerprint density at radius 3 is 2.76 bits per heavy atom. The van der Waals surface area contributed by atoms with Gasteiger partial charge in [-0.25, -0.2) is 4.98 Å². The van der Waals surface area contributed by atoms with Crippen molar-refractivity contribution < 1.29 is 9.00 Å². The van der Waals surface area contributed by atoms with E-state index in [1.807, 2.05) is 6.92 Å². The highest BCUT2D eigenvalue weighted by atomic mass is 32.2. The van der Waals surface area contributed by atoms with Crippen molar-refractivity contribution in [2.75, 3.05) is 30.4 Å². The van der Waals surface area contributed by atoms with Crippen molar-refractivity contribution in [3.63, 3.8) is 0 Å². The summed E-state index contributed by atoms with van der Waals surface area (Å²) >= 11 is 0. The first-order chi connectivity index (χ1) is 8.17. The zero-order chi connectivity index (χ0) is 12.7. The third-order valence-electron chi connectivity index (χ3n) is 2.22. The largest absolute Gasteiger partial charge is 0.373 e. The fourth-order valence-electron chi connectivity index (χ4n) is 1.20. The summed E-state index contributed by atoms with van der Waals surface area (Å²) in [6.45, 7) is 2.28. The Bertz CT molecular complexity index is 392. The topological polar surface area (TPSA) is 71.1 Å². The number of rotatable bonds is 6. The fraction of sp³-hybridized carbons (Fsp3) is 0.455. The number of hydrogen-bond donors (Lipinski definition) is 2. The van der Waals surface area contributed by atoms with Gasteiger partial charge in [0.05, 0.1) is 5.56 Å². The molecule has 1 rings (SSSR count). The molecule has 1 atom stereocenters. The predicted octanol–water partition coefficient (Wildman–Crippen LogP) is 0.622. The lowest BCUT2D eigenvalue weighted by molar-refractivity contribution is 0.0956. The normalized spacial score (nSPS) is 11.9. The SMILES string of the molecule is CCS(=O)CCNC(=O)c1ccc(NC)nc1. The molecular formula is C11H17N3O2S. The zero-order valence-corrected chi connectivity index (χ0v) is 10.8. The minimum atomic E-state index is -0.845. The Morgan fingerprint density at radius 1 is 1.47 bits per heavy atom. The van der Waals surface area contributed by atoms with Crippen LogP contribution in [0.2, 0.25) is 0 Å². The van der Waals surface area contributed by atoms with E-state index in [9.17, 15) is 9.00 Å². The number of nitrogens with zero attached hydrogens (tertiary/aromatic N) is 1. The quantitative estimate of drug-likeness (QED) is 0.782. The van der Waals surface area contributed by atoms with Crippen molar-refractivity contribution in [3.8, 4) is 0 Å². The lowest BCUT2D eigenvalue weighted by Crippen LogP contribution is -2.28. The van der Waals surface area contributed by atoms with Crippen LogP contribution in [0.25, 0.3) is 0 Å². The Hall–Kier alpha value is -1.43. The average Bonchev–Trinajstić information content (AvgIpc) is 2.38. The van der Waals surface area contributed by atoms with Crippen molar-refractivity contribution in [2.24, 2.45) is 0 Å². The van der Waals surface area contributed by atoms with Crippen LogP contribution in [0.1, 0.15) is 17.3 Å². The van der Waals surface area contributed by atoms with Crippen LogP contribution in [0.15, 0.2) is 18.3 Å². The maximum atomic E-state index is 11.6. The molecule has 1 heterocycles. The summed E-state index contributed by atoms with van der Waals surface area (Å²) < 4.78 is 11.2. The minimum absolute atomic E-state index is 0.187. The summed E-state index contributed by atoms with van der Waals surface area (Å²) in [7, 11) is 0.921. The molecule has 0 bridgehead atoms. The molecule has 1 aromatic rings. The molecule has 0 saturated carbocycles. The van der Waals surface area contributed by atoms with Crippen molar-refractivity contribution in [1.82, 2.24) is 10.3 Å². The zero-order valence-electron chi connectivity index (χ0n) is 10.0. The van der Waals surface area contributed by atoms with E-state index in [0.717, 1.165) is 0 Å². The van der Waals surface area contributed by atoms with Gasteiger partial charge < -0.3 is 10.6 Å². The van der Waals surface area contributed by atoms with Gasteiger partial charge >= 0.3 is 0 Å². The van der Waals surface area contributed by atoms with Crippen molar-refractivity contribution >= 4 is 22.5 Å². The van der Waals surface area contributed by atoms with E-state index in [1.165, 1.54) is 6.20 Å². The number of aromatic nitrogens is 1. The van der Waals surface area contributed by atoms with Crippen LogP contribution in [0, 0.1) is 0 Å². The van der Waals surface area contributed by atoms with Gasteiger partial charge in [-0.1, -0.05) is 6.92 Å². The monoisotopic (exact) mass is 255 g/mol. The Morgan fingerprint density at radius 2 is 2.24 bits per heavy atom. The molecule has 1 amide bonds. The molecule has 0 radical (unpaired) electrons.